The van der Waals surface area contributed by atoms with Crippen LogP contribution in [0.25, 0.3) is 0 Å². The summed E-state index contributed by atoms with van der Waals surface area (Å²) in [4.78, 5) is 11.9. The van der Waals surface area contributed by atoms with Gasteiger partial charge in [-0.1, -0.05) is 0 Å². The number of hydrogen-bond acceptors (Lipinski definition) is 5. The normalized spacial score (nSPS) is 27.2. The fourth-order valence-electron chi connectivity index (χ4n) is 4.01. The van der Waals surface area contributed by atoms with Crippen LogP contribution in [-0.4, -0.2) is 59.2 Å². The Morgan fingerprint density at radius 3 is 1.30 bits per heavy atom. The zero-order valence-corrected chi connectivity index (χ0v) is 13.6. The Morgan fingerprint density at radius 1 is 0.750 bits per heavy atom. The van der Waals surface area contributed by atoms with Crippen molar-refractivity contribution in [3.63, 3.8) is 0 Å². The van der Waals surface area contributed by atoms with Crippen LogP contribution in [0.3, 0.4) is 0 Å². The molecule has 0 saturated carbocycles. The molecule has 5 nitrogen and oxygen atoms in total. The molecule has 3 rings (SSSR count). The zero-order valence-electron chi connectivity index (χ0n) is 12.6. The number of carbonyl (C=O) groups is 1. The van der Waals surface area contributed by atoms with Crippen molar-refractivity contribution >= 4 is 13.9 Å². The summed E-state index contributed by atoms with van der Waals surface area (Å²) in [5.74, 6) is -0.0950. The van der Waals surface area contributed by atoms with E-state index in [1.807, 2.05) is 0 Å². The third kappa shape index (κ3) is 2.61. The quantitative estimate of drug-likeness (QED) is 0.744. The monoisotopic (exact) mass is 301 g/mol. The predicted octanol–water partition coefficient (Wildman–Crippen LogP) is 2.25. The van der Waals surface area contributed by atoms with Gasteiger partial charge in [0.05, 0.1) is 0 Å². The van der Waals surface area contributed by atoms with Crippen LogP contribution in [0.2, 0.25) is 0 Å². The van der Waals surface area contributed by atoms with Crippen molar-refractivity contribution in [1.82, 2.24) is 14.0 Å². The fraction of sp³-hybridized carbons (Fsp3) is 0.929. The molecule has 20 heavy (non-hydrogen) atoms. The second kappa shape index (κ2) is 6.27. The van der Waals surface area contributed by atoms with Crippen molar-refractivity contribution in [3.05, 3.63) is 0 Å². The van der Waals surface area contributed by atoms with E-state index < -0.39 is 7.94 Å². The van der Waals surface area contributed by atoms with Crippen molar-refractivity contribution in [2.75, 3.05) is 39.3 Å². The van der Waals surface area contributed by atoms with Crippen LogP contribution < -0.4 is 0 Å². The molecule has 0 atom stereocenters. The van der Waals surface area contributed by atoms with Gasteiger partial charge in [0.1, 0.15) is 0 Å². The van der Waals surface area contributed by atoms with Gasteiger partial charge in [-0.3, -0.25) is 0 Å². The SMILES string of the molecule is CC(=O)O[PH](N1CCCC1)(N1CCCC1)N1CCCC1. The third-order valence-electron chi connectivity index (χ3n) is 4.83. The van der Waals surface area contributed by atoms with Crippen molar-refractivity contribution in [2.24, 2.45) is 0 Å². The number of rotatable bonds is 4. The molecule has 0 aromatic carbocycles. The molecule has 3 fully saturated rings. The van der Waals surface area contributed by atoms with Gasteiger partial charge in [0, 0.05) is 0 Å². The van der Waals surface area contributed by atoms with E-state index in [1.165, 1.54) is 38.5 Å². The van der Waals surface area contributed by atoms with Gasteiger partial charge in [0.2, 0.25) is 0 Å². The van der Waals surface area contributed by atoms with E-state index in [0.29, 0.717) is 0 Å². The van der Waals surface area contributed by atoms with E-state index >= 15 is 0 Å². The molecule has 3 aliphatic rings. The molecule has 0 unspecified atom stereocenters. The molecule has 0 spiro atoms. The van der Waals surface area contributed by atoms with Crippen LogP contribution in [0.4, 0.5) is 0 Å². The van der Waals surface area contributed by atoms with Crippen molar-refractivity contribution in [3.8, 4) is 0 Å². The Hall–Kier alpha value is -0.220. The van der Waals surface area contributed by atoms with Crippen molar-refractivity contribution in [1.29, 1.82) is 0 Å². The minimum atomic E-state index is -2.41. The first-order chi connectivity index (χ1) is 9.73. The van der Waals surface area contributed by atoms with Crippen LogP contribution in [0.1, 0.15) is 45.4 Å². The zero-order chi connectivity index (χ0) is 14.0. The first-order valence-electron chi connectivity index (χ1n) is 8.18. The summed E-state index contributed by atoms with van der Waals surface area (Å²) < 4.78 is 13.8. The molecule has 6 heteroatoms. The van der Waals surface area contributed by atoms with Crippen LogP contribution >= 0.6 is 7.94 Å². The topological polar surface area (TPSA) is 36.0 Å². The molecule has 0 radical (unpaired) electrons. The van der Waals surface area contributed by atoms with E-state index in [2.05, 4.69) is 14.0 Å². The average molecular weight is 301 g/mol. The Balaban J connectivity index is 1.93. The van der Waals surface area contributed by atoms with Crippen LogP contribution in [0.5, 0.6) is 0 Å². The summed E-state index contributed by atoms with van der Waals surface area (Å²) in [6.07, 6.45) is 7.49. The molecule has 3 heterocycles. The van der Waals surface area contributed by atoms with E-state index in [4.69, 9.17) is 4.52 Å². The molecule has 0 N–H and O–H groups in total. The first kappa shape index (κ1) is 14.7. The Kier molecular flexibility index (Phi) is 4.61. The van der Waals surface area contributed by atoms with E-state index in [9.17, 15) is 4.79 Å². The summed E-state index contributed by atoms with van der Waals surface area (Å²) >= 11 is 0. The molecule has 0 amide bonds. The maximum absolute atomic E-state index is 11.9. The second-order valence-corrected chi connectivity index (χ2v) is 9.50. The number of carbonyl (C=O) groups excluding carboxylic acids is 1. The summed E-state index contributed by atoms with van der Waals surface area (Å²) in [7, 11) is -2.41. The molecule has 3 aliphatic heterocycles. The number of nitrogens with zero attached hydrogens (tertiary/aromatic N) is 3. The van der Waals surface area contributed by atoms with E-state index in [1.54, 1.807) is 6.92 Å². The van der Waals surface area contributed by atoms with Crippen LogP contribution in [0, 0.1) is 0 Å². The maximum atomic E-state index is 11.9. The molecule has 0 aromatic rings. The van der Waals surface area contributed by atoms with Crippen LogP contribution in [-0.2, 0) is 9.32 Å². The van der Waals surface area contributed by atoms with Gasteiger partial charge in [-0.05, 0) is 0 Å². The molecule has 116 valence electrons. The summed E-state index contributed by atoms with van der Waals surface area (Å²) in [5.41, 5.74) is 0. The summed E-state index contributed by atoms with van der Waals surface area (Å²) in [6.45, 7) is 8.21. The minimum absolute atomic E-state index is 0.0950. The first-order valence-corrected chi connectivity index (χ1v) is 9.93. The van der Waals surface area contributed by atoms with Crippen molar-refractivity contribution < 1.29 is 9.32 Å². The van der Waals surface area contributed by atoms with Gasteiger partial charge in [-0.2, -0.15) is 0 Å². The summed E-state index contributed by atoms with van der Waals surface area (Å²) in [6, 6.07) is 0. The predicted molar refractivity (Wildman–Crippen MR) is 82.5 cm³/mol. The molecule has 3 saturated heterocycles. The second-order valence-electron chi connectivity index (χ2n) is 6.25. The van der Waals surface area contributed by atoms with Gasteiger partial charge in [0.25, 0.3) is 0 Å². The van der Waals surface area contributed by atoms with E-state index in [-0.39, 0.29) is 5.97 Å². The molecule has 0 aliphatic carbocycles. The van der Waals surface area contributed by atoms with Gasteiger partial charge in [-0.15, -0.1) is 0 Å². The molecule has 0 aromatic heterocycles. The molecule has 0 bridgehead atoms. The number of hydrogen-bond donors (Lipinski definition) is 0. The van der Waals surface area contributed by atoms with Gasteiger partial charge in [0.15, 0.2) is 0 Å². The third-order valence-corrected chi connectivity index (χ3v) is 9.21. The van der Waals surface area contributed by atoms with Gasteiger partial charge < -0.3 is 0 Å². The Morgan fingerprint density at radius 2 is 1.05 bits per heavy atom. The van der Waals surface area contributed by atoms with E-state index in [0.717, 1.165) is 39.3 Å². The standard InChI is InChI=1S/C14H28N3O2P/c1-14(18)19-20(15-8-2-3-9-15,16-10-4-5-11-16)17-12-6-7-13-17/h20H,2-13H2,1H3. The average Bonchev–Trinajstić information content (AvgIpc) is 3.15. The van der Waals surface area contributed by atoms with Crippen LogP contribution in [0.15, 0.2) is 0 Å². The fourth-order valence-corrected chi connectivity index (χ4v) is 8.68. The Bertz CT molecular complexity index is 308. The van der Waals surface area contributed by atoms with Gasteiger partial charge in [-0.25, -0.2) is 0 Å². The molecular formula is C14H28N3O2P. The van der Waals surface area contributed by atoms with Crippen molar-refractivity contribution in [2.45, 2.75) is 45.4 Å². The Labute approximate surface area is 122 Å². The van der Waals surface area contributed by atoms with Gasteiger partial charge >= 0.3 is 122 Å². The molecular weight excluding hydrogens is 273 g/mol. The summed E-state index contributed by atoms with van der Waals surface area (Å²) in [5, 5.41) is 0.